The van der Waals surface area contributed by atoms with E-state index in [1.807, 2.05) is 55.5 Å². The van der Waals surface area contributed by atoms with E-state index >= 15 is 0 Å². The minimum Gasteiger partial charge on any atom is -0.492 e. The van der Waals surface area contributed by atoms with Crippen LogP contribution in [0, 0.1) is 0 Å². The summed E-state index contributed by atoms with van der Waals surface area (Å²) in [6, 6.07) is 24.0. The van der Waals surface area contributed by atoms with Crippen molar-refractivity contribution in [3.8, 4) is 34.3 Å². The normalized spacial score (nSPS) is 10.5. The molecule has 3 aromatic carbocycles. The molecule has 0 aliphatic heterocycles. The number of para-hydroxylation sites is 2. The molecule has 0 aliphatic rings. The van der Waals surface area contributed by atoms with Gasteiger partial charge in [-0.1, -0.05) is 53.7 Å². The molecule has 0 atom stereocenters. The zero-order valence-electron chi connectivity index (χ0n) is 16.9. The summed E-state index contributed by atoms with van der Waals surface area (Å²) in [6.07, 6.45) is 0. The fourth-order valence-corrected chi connectivity index (χ4v) is 2.95. The monoisotopic (exact) mass is 415 g/mol. The lowest BCUT2D eigenvalue weighted by Gasteiger charge is -2.12. The van der Waals surface area contributed by atoms with Crippen LogP contribution in [0.2, 0.25) is 0 Å². The number of nitrogens with one attached hydrogen (secondary N) is 1. The molecule has 31 heavy (non-hydrogen) atoms. The number of benzene rings is 3. The Morgan fingerprint density at radius 3 is 2.55 bits per heavy atom. The van der Waals surface area contributed by atoms with E-state index in [1.165, 1.54) is 0 Å². The summed E-state index contributed by atoms with van der Waals surface area (Å²) in [6.45, 7) is 2.25. The minimum absolute atomic E-state index is 0.150. The number of nitrogens with zero attached hydrogens (tertiary/aromatic N) is 2. The molecule has 0 aliphatic carbocycles. The molecular formula is C24H21N3O4. The molecule has 0 saturated heterocycles. The van der Waals surface area contributed by atoms with E-state index in [-0.39, 0.29) is 12.5 Å². The maximum absolute atomic E-state index is 12.3. The van der Waals surface area contributed by atoms with Crippen molar-refractivity contribution in [3.63, 3.8) is 0 Å². The third-order valence-corrected chi connectivity index (χ3v) is 4.37. The van der Waals surface area contributed by atoms with Gasteiger partial charge in [-0.3, -0.25) is 4.79 Å². The molecule has 4 rings (SSSR count). The SMILES string of the molecule is CCOc1ccccc1NC(=O)COc1cccc(-c2nc(-c3ccccc3)no2)c1. The fraction of sp³-hybridized carbons (Fsp3) is 0.125. The quantitative estimate of drug-likeness (QED) is 0.444. The van der Waals surface area contributed by atoms with E-state index in [0.29, 0.717) is 41.1 Å². The highest BCUT2D eigenvalue weighted by Gasteiger charge is 2.12. The maximum atomic E-state index is 12.3. The number of aromatic nitrogens is 2. The zero-order chi connectivity index (χ0) is 21.5. The number of carbonyl (C=O) groups excluding carboxylic acids is 1. The average Bonchev–Trinajstić information content (AvgIpc) is 3.31. The van der Waals surface area contributed by atoms with E-state index in [9.17, 15) is 4.79 Å². The molecule has 1 N–H and O–H groups in total. The van der Waals surface area contributed by atoms with Crippen molar-refractivity contribution in [2.45, 2.75) is 6.92 Å². The van der Waals surface area contributed by atoms with Gasteiger partial charge in [-0.15, -0.1) is 0 Å². The van der Waals surface area contributed by atoms with E-state index in [2.05, 4.69) is 15.5 Å². The van der Waals surface area contributed by atoms with Crippen LogP contribution < -0.4 is 14.8 Å². The molecule has 0 saturated carbocycles. The first-order chi connectivity index (χ1) is 15.2. The smallest absolute Gasteiger partial charge is 0.262 e. The lowest BCUT2D eigenvalue weighted by atomic mass is 10.2. The Labute approximate surface area is 179 Å². The second kappa shape index (κ2) is 9.58. The molecule has 156 valence electrons. The van der Waals surface area contributed by atoms with Gasteiger partial charge in [-0.05, 0) is 37.3 Å². The molecule has 0 fully saturated rings. The predicted octanol–water partition coefficient (Wildman–Crippen LogP) is 4.82. The highest BCUT2D eigenvalue weighted by Crippen LogP contribution is 2.26. The molecule has 0 spiro atoms. The number of hydrogen-bond donors (Lipinski definition) is 1. The number of ether oxygens (including phenoxy) is 2. The van der Waals surface area contributed by atoms with Crippen LogP contribution in [-0.4, -0.2) is 29.3 Å². The highest BCUT2D eigenvalue weighted by molar-refractivity contribution is 5.93. The van der Waals surface area contributed by atoms with Crippen molar-refractivity contribution in [1.29, 1.82) is 0 Å². The van der Waals surface area contributed by atoms with Gasteiger partial charge in [0.25, 0.3) is 11.8 Å². The van der Waals surface area contributed by atoms with E-state index in [4.69, 9.17) is 14.0 Å². The molecule has 0 bridgehead atoms. The second-order valence-corrected chi connectivity index (χ2v) is 6.58. The summed E-state index contributed by atoms with van der Waals surface area (Å²) in [5.41, 5.74) is 2.18. The summed E-state index contributed by atoms with van der Waals surface area (Å²) < 4.78 is 16.6. The first kappa shape index (κ1) is 20.2. The van der Waals surface area contributed by atoms with E-state index in [1.54, 1.807) is 30.3 Å². The Hall–Kier alpha value is -4.13. The summed E-state index contributed by atoms with van der Waals surface area (Å²) in [7, 11) is 0. The van der Waals surface area contributed by atoms with Gasteiger partial charge < -0.3 is 19.3 Å². The van der Waals surface area contributed by atoms with Crippen LogP contribution in [-0.2, 0) is 4.79 Å². The molecule has 1 aromatic heterocycles. The number of rotatable bonds is 8. The van der Waals surface area contributed by atoms with Gasteiger partial charge in [0.15, 0.2) is 6.61 Å². The number of hydrogen-bond acceptors (Lipinski definition) is 6. The van der Waals surface area contributed by atoms with Crippen molar-refractivity contribution in [1.82, 2.24) is 10.1 Å². The Morgan fingerprint density at radius 1 is 0.935 bits per heavy atom. The molecular weight excluding hydrogens is 394 g/mol. The fourth-order valence-electron chi connectivity index (χ4n) is 2.95. The summed E-state index contributed by atoms with van der Waals surface area (Å²) in [4.78, 5) is 16.8. The third kappa shape index (κ3) is 5.08. The van der Waals surface area contributed by atoms with Gasteiger partial charge in [0, 0.05) is 11.1 Å². The summed E-state index contributed by atoms with van der Waals surface area (Å²) in [5.74, 6) is 1.73. The molecule has 0 unspecified atom stereocenters. The summed E-state index contributed by atoms with van der Waals surface area (Å²) in [5, 5.41) is 6.84. The lowest BCUT2D eigenvalue weighted by molar-refractivity contribution is -0.118. The minimum atomic E-state index is -0.290. The third-order valence-electron chi connectivity index (χ3n) is 4.37. The van der Waals surface area contributed by atoms with Crippen molar-refractivity contribution >= 4 is 11.6 Å². The first-order valence-electron chi connectivity index (χ1n) is 9.87. The van der Waals surface area contributed by atoms with Crippen LogP contribution in [0.25, 0.3) is 22.8 Å². The molecule has 4 aromatic rings. The van der Waals surface area contributed by atoms with Crippen LogP contribution in [0.1, 0.15) is 6.92 Å². The predicted molar refractivity (Wildman–Crippen MR) is 117 cm³/mol. The zero-order valence-corrected chi connectivity index (χ0v) is 16.9. The van der Waals surface area contributed by atoms with Gasteiger partial charge >= 0.3 is 0 Å². The summed E-state index contributed by atoms with van der Waals surface area (Å²) >= 11 is 0. The second-order valence-electron chi connectivity index (χ2n) is 6.58. The van der Waals surface area contributed by atoms with Gasteiger partial charge in [0.05, 0.1) is 12.3 Å². The van der Waals surface area contributed by atoms with Crippen LogP contribution in [0.15, 0.2) is 83.4 Å². The van der Waals surface area contributed by atoms with E-state index < -0.39 is 0 Å². The molecule has 7 nitrogen and oxygen atoms in total. The van der Waals surface area contributed by atoms with Gasteiger partial charge in [-0.2, -0.15) is 4.98 Å². The average molecular weight is 415 g/mol. The van der Waals surface area contributed by atoms with Gasteiger partial charge in [0.2, 0.25) is 5.82 Å². The number of amides is 1. The standard InChI is InChI=1S/C24H21N3O4/c1-2-29-21-14-7-6-13-20(21)25-22(28)16-30-19-12-8-11-18(15-19)24-26-23(27-31-24)17-9-4-3-5-10-17/h3-15H,2,16H2,1H3,(H,25,28). The topological polar surface area (TPSA) is 86.5 Å². The maximum Gasteiger partial charge on any atom is 0.262 e. The van der Waals surface area contributed by atoms with Crippen LogP contribution in [0.4, 0.5) is 5.69 Å². The Morgan fingerprint density at radius 2 is 1.71 bits per heavy atom. The first-order valence-corrected chi connectivity index (χ1v) is 9.87. The number of anilines is 1. The van der Waals surface area contributed by atoms with Crippen molar-refractivity contribution in [2.24, 2.45) is 0 Å². The number of carbonyl (C=O) groups is 1. The van der Waals surface area contributed by atoms with E-state index in [0.717, 1.165) is 5.56 Å². The molecule has 1 amide bonds. The lowest BCUT2D eigenvalue weighted by Crippen LogP contribution is -2.20. The van der Waals surface area contributed by atoms with Crippen LogP contribution >= 0.6 is 0 Å². The molecule has 7 heteroatoms. The Bertz CT molecular complexity index is 1160. The largest absolute Gasteiger partial charge is 0.492 e. The molecule has 0 radical (unpaired) electrons. The Balaban J connectivity index is 1.40. The van der Waals surface area contributed by atoms with Crippen LogP contribution in [0.5, 0.6) is 11.5 Å². The Kier molecular flexibility index (Phi) is 6.23. The van der Waals surface area contributed by atoms with Gasteiger partial charge in [0.1, 0.15) is 11.5 Å². The van der Waals surface area contributed by atoms with Gasteiger partial charge in [-0.25, -0.2) is 0 Å². The molecule has 1 heterocycles. The van der Waals surface area contributed by atoms with Crippen molar-refractivity contribution in [2.75, 3.05) is 18.5 Å². The highest BCUT2D eigenvalue weighted by atomic mass is 16.5. The van der Waals surface area contributed by atoms with Crippen molar-refractivity contribution in [3.05, 3.63) is 78.9 Å². The van der Waals surface area contributed by atoms with Crippen molar-refractivity contribution < 1.29 is 18.8 Å². The van der Waals surface area contributed by atoms with Crippen LogP contribution in [0.3, 0.4) is 0 Å².